The summed E-state index contributed by atoms with van der Waals surface area (Å²) in [6.45, 7) is 1.71. The second-order valence-electron chi connectivity index (χ2n) is 6.24. The highest BCUT2D eigenvalue weighted by Crippen LogP contribution is 2.21. The van der Waals surface area contributed by atoms with Crippen molar-refractivity contribution in [2.45, 2.75) is 19.3 Å². The van der Waals surface area contributed by atoms with Crippen molar-refractivity contribution in [2.24, 2.45) is 5.92 Å². The van der Waals surface area contributed by atoms with Gasteiger partial charge in [0.25, 0.3) is 5.91 Å². The van der Waals surface area contributed by atoms with Crippen molar-refractivity contribution in [3.8, 4) is 0 Å². The minimum atomic E-state index is 0.118. The summed E-state index contributed by atoms with van der Waals surface area (Å²) in [4.78, 5) is 14.8. The number of aliphatic hydroxyl groups is 1. The van der Waals surface area contributed by atoms with Gasteiger partial charge in [0.15, 0.2) is 0 Å². The summed E-state index contributed by atoms with van der Waals surface area (Å²) in [7, 11) is 0. The number of rotatable bonds is 4. The van der Waals surface area contributed by atoms with E-state index in [1.54, 1.807) is 0 Å². The highest BCUT2D eigenvalue weighted by molar-refractivity contribution is 5.95. The summed E-state index contributed by atoms with van der Waals surface area (Å²) in [5.74, 6) is 0.464. The average Bonchev–Trinajstić information content (AvgIpc) is 2.62. The molecule has 1 aliphatic heterocycles. The summed E-state index contributed by atoms with van der Waals surface area (Å²) in [6, 6.07) is 18.1. The van der Waals surface area contributed by atoms with E-state index in [0.29, 0.717) is 5.92 Å². The minimum absolute atomic E-state index is 0.118. The zero-order valence-corrected chi connectivity index (χ0v) is 13.3. The Hall–Kier alpha value is -2.13. The number of aliphatic hydroxyl groups excluding tert-OH is 1. The van der Waals surface area contributed by atoms with Gasteiger partial charge in [-0.3, -0.25) is 4.79 Å². The molecule has 23 heavy (non-hydrogen) atoms. The van der Waals surface area contributed by atoms with Crippen molar-refractivity contribution >= 4 is 5.91 Å². The van der Waals surface area contributed by atoms with E-state index >= 15 is 0 Å². The fourth-order valence-corrected chi connectivity index (χ4v) is 3.19. The topological polar surface area (TPSA) is 40.5 Å². The van der Waals surface area contributed by atoms with Crippen molar-refractivity contribution in [2.75, 3.05) is 19.7 Å². The molecule has 1 heterocycles. The van der Waals surface area contributed by atoms with Crippen molar-refractivity contribution < 1.29 is 9.90 Å². The molecule has 0 atom stereocenters. The lowest BCUT2D eigenvalue weighted by Gasteiger charge is -2.31. The Morgan fingerprint density at radius 3 is 2.35 bits per heavy atom. The van der Waals surface area contributed by atoms with Crippen LogP contribution in [0.4, 0.5) is 0 Å². The molecule has 1 N–H and O–H groups in total. The fourth-order valence-electron chi connectivity index (χ4n) is 3.19. The van der Waals surface area contributed by atoms with Gasteiger partial charge in [-0.05, 0) is 42.4 Å². The molecule has 1 saturated heterocycles. The van der Waals surface area contributed by atoms with Crippen LogP contribution in [0, 0.1) is 5.92 Å². The molecule has 0 radical (unpaired) electrons. The van der Waals surface area contributed by atoms with E-state index < -0.39 is 0 Å². The maximum absolute atomic E-state index is 12.9. The number of amides is 1. The summed E-state index contributed by atoms with van der Waals surface area (Å²) in [5, 5.41) is 9.24. The van der Waals surface area contributed by atoms with Gasteiger partial charge in [0.1, 0.15) is 0 Å². The molecule has 0 bridgehead atoms. The van der Waals surface area contributed by atoms with Crippen LogP contribution in [0.5, 0.6) is 0 Å². The third-order valence-electron chi connectivity index (χ3n) is 4.65. The van der Waals surface area contributed by atoms with Crippen molar-refractivity contribution in [3.05, 3.63) is 71.3 Å². The first-order valence-corrected chi connectivity index (χ1v) is 8.30. The van der Waals surface area contributed by atoms with Crippen LogP contribution in [0.15, 0.2) is 54.6 Å². The number of hydrogen-bond acceptors (Lipinski definition) is 2. The SMILES string of the molecule is O=C(c1ccccc1Cc1ccccc1)N1CCC(CO)CC1. The van der Waals surface area contributed by atoms with E-state index in [1.807, 2.05) is 47.4 Å². The molecule has 1 aliphatic rings. The van der Waals surface area contributed by atoms with Gasteiger partial charge in [0.2, 0.25) is 0 Å². The van der Waals surface area contributed by atoms with Gasteiger partial charge in [0.05, 0.1) is 0 Å². The molecule has 3 heteroatoms. The number of benzene rings is 2. The molecule has 0 aromatic heterocycles. The van der Waals surface area contributed by atoms with Gasteiger partial charge in [-0.2, -0.15) is 0 Å². The van der Waals surface area contributed by atoms with E-state index in [0.717, 1.165) is 43.5 Å². The maximum atomic E-state index is 12.9. The van der Waals surface area contributed by atoms with Gasteiger partial charge < -0.3 is 10.0 Å². The van der Waals surface area contributed by atoms with Gasteiger partial charge in [0, 0.05) is 25.3 Å². The van der Waals surface area contributed by atoms with Crippen LogP contribution in [-0.4, -0.2) is 35.6 Å². The Bertz CT molecular complexity index is 646. The van der Waals surface area contributed by atoms with Crippen LogP contribution in [0.2, 0.25) is 0 Å². The molecule has 0 saturated carbocycles. The molecule has 2 aromatic carbocycles. The van der Waals surface area contributed by atoms with Crippen molar-refractivity contribution in [3.63, 3.8) is 0 Å². The Kier molecular flexibility index (Phi) is 5.09. The third kappa shape index (κ3) is 3.80. The second kappa shape index (κ2) is 7.42. The first-order valence-electron chi connectivity index (χ1n) is 8.30. The van der Waals surface area contributed by atoms with Crippen LogP contribution in [0.1, 0.15) is 34.3 Å². The van der Waals surface area contributed by atoms with E-state index in [4.69, 9.17) is 0 Å². The fraction of sp³-hybridized carbons (Fsp3) is 0.350. The Labute approximate surface area is 137 Å². The molecule has 0 unspecified atom stereocenters. The van der Waals surface area contributed by atoms with Gasteiger partial charge in [-0.1, -0.05) is 48.5 Å². The van der Waals surface area contributed by atoms with Gasteiger partial charge >= 0.3 is 0 Å². The predicted molar refractivity (Wildman–Crippen MR) is 91.4 cm³/mol. The first-order chi connectivity index (χ1) is 11.3. The lowest BCUT2D eigenvalue weighted by atomic mass is 9.95. The van der Waals surface area contributed by atoms with Crippen LogP contribution >= 0.6 is 0 Å². The zero-order valence-electron chi connectivity index (χ0n) is 13.3. The number of hydrogen-bond donors (Lipinski definition) is 1. The monoisotopic (exact) mass is 309 g/mol. The average molecular weight is 309 g/mol. The van der Waals surface area contributed by atoms with Gasteiger partial charge in [-0.15, -0.1) is 0 Å². The highest BCUT2D eigenvalue weighted by Gasteiger charge is 2.24. The number of nitrogens with zero attached hydrogens (tertiary/aromatic N) is 1. The van der Waals surface area contributed by atoms with Crippen molar-refractivity contribution in [1.29, 1.82) is 0 Å². The lowest BCUT2D eigenvalue weighted by molar-refractivity contribution is 0.0650. The van der Waals surface area contributed by atoms with E-state index in [9.17, 15) is 9.90 Å². The van der Waals surface area contributed by atoms with Gasteiger partial charge in [-0.25, -0.2) is 0 Å². The number of carbonyl (C=O) groups is 1. The van der Waals surface area contributed by atoms with E-state index in [2.05, 4.69) is 12.1 Å². The molecule has 0 aliphatic carbocycles. The number of piperidine rings is 1. The molecule has 120 valence electrons. The van der Waals surface area contributed by atoms with Crippen LogP contribution in [-0.2, 0) is 6.42 Å². The Balaban J connectivity index is 1.76. The molecule has 1 amide bonds. The zero-order chi connectivity index (χ0) is 16.1. The van der Waals surface area contributed by atoms with Crippen LogP contribution in [0.25, 0.3) is 0 Å². The molecular formula is C20H23NO2. The summed E-state index contributed by atoms with van der Waals surface area (Å²) < 4.78 is 0. The largest absolute Gasteiger partial charge is 0.396 e. The number of likely N-dealkylation sites (tertiary alicyclic amines) is 1. The minimum Gasteiger partial charge on any atom is -0.396 e. The Morgan fingerprint density at radius 1 is 1.00 bits per heavy atom. The Morgan fingerprint density at radius 2 is 1.65 bits per heavy atom. The molecule has 0 spiro atoms. The normalized spacial score (nSPS) is 15.6. The van der Waals surface area contributed by atoms with Crippen LogP contribution < -0.4 is 0 Å². The number of carbonyl (C=O) groups excluding carboxylic acids is 1. The summed E-state index contributed by atoms with van der Waals surface area (Å²) in [6.07, 6.45) is 2.56. The smallest absolute Gasteiger partial charge is 0.254 e. The predicted octanol–water partition coefficient (Wildman–Crippen LogP) is 3.12. The highest BCUT2D eigenvalue weighted by atomic mass is 16.3. The van der Waals surface area contributed by atoms with Crippen LogP contribution in [0.3, 0.4) is 0 Å². The molecular weight excluding hydrogens is 286 g/mol. The molecule has 1 fully saturated rings. The summed E-state index contributed by atoms with van der Waals surface area (Å²) >= 11 is 0. The molecule has 2 aromatic rings. The summed E-state index contributed by atoms with van der Waals surface area (Å²) in [5.41, 5.74) is 3.10. The lowest BCUT2D eigenvalue weighted by Crippen LogP contribution is -2.39. The standard InChI is InChI=1S/C20H23NO2/c22-15-17-10-12-21(13-11-17)20(23)19-9-5-4-8-18(19)14-16-6-2-1-3-7-16/h1-9,17,22H,10-15H2. The third-order valence-corrected chi connectivity index (χ3v) is 4.65. The maximum Gasteiger partial charge on any atom is 0.254 e. The molecule has 3 nitrogen and oxygen atoms in total. The quantitative estimate of drug-likeness (QED) is 0.942. The molecule has 3 rings (SSSR count). The van der Waals surface area contributed by atoms with E-state index in [-0.39, 0.29) is 12.5 Å². The van der Waals surface area contributed by atoms with E-state index in [1.165, 1.54) is 5.56 Å². The van der Waals surface area contributed by atoms with Crippen molar-refractivity contribution in [1.82, 2.24) is 4.90 Å². The first kappa shape index (κ1) is 15.8. The second-order valence-corrected chi connectivity index (χ2v) is 6.24.